The molecule has 0 aliphatic heterocycles. The Balaban J connectivity index is 2.11. The first-order chi connectivity index (χ1) is 10.7. The van der Waals surface area contributed by atoms with Crippen LogP contribution in [0.4, 0.5) is 0 Å². The zero-order valence-corrected chi connectivity index (χ0v) is 12.4. The third-order valence-electron chi connectivity index (χ3n) is 3.17. The lowest BCUT2D eigenvalue weighted by Gasteiger charge is -2.14. The Bertz CT molecular complexity index is 707. The zero-order valence-electron chi connectivity index (χ0n) is 12.4. The van der Waals surface area contributed by atoms with Crippen molar-refractivity contribution in [2.45, 2.75) is 6.61 Å². The summed E-state index contributed by atoms with van der Waals surface area (Å²) in [6.07, 6.45) is 0. The van der Waals surface area contributed by atoms with Crippen molar-refractivity contribution in [3.05, 3.63) is 65.2 Å². The van der Waals surface area contributed by atoms with Crippen LogP contribution in [-0.4, -0.2) is 25.1 Å². The first kappa shape index (κ1) is 15.5. The highest BCUT2D eigenvalue weighted by atomic mass is 16.7. The Labute approximate surface area is 129 Å². The van der Waals surface area contributed by atoms with Crippen molar-refractivity contribution >= 4 is 5.91 Å². The second-order valence-electron chi connectivity index (χ2n) is 4.57. The summed E-state index contributed by atoms with van der Waals surface area (Å²) in [5.74, 6) is 0.300. The maximum Gasteiger partial charge on any atom is 0.277 e. The molecule has 1 amide bonds. The molecule has 0 unspecified atom stereocenters. The van der Waals surface area contributed by atoms with E-state index in [0.717, 1.165) is 10.6 Å². The van der Waals surface area contributed by atoms with Crippen LogP contribution in [0, 0.1) is 11.3 Å². The van der Waals surface area contributed by atoms with Gasteiger partial charge in [-0.1, -0.05) is 24.3 Å². The largest absolute Gasteiger partial charge is 0.489 e. The minimum Gasteiger partial charge on any atom is -0.489 e. The van der Waals surface area contributed by atoms with Gasteiger partial charge in [-0.25, -0.2) is 5.06 Å². The normalized spacial score (nSPS) is 9.86. The summed E-state index contributed by atoms with van der Waals surface area (Å²) in [5, 5.41) is 10.2. The Morgan fingerprint density at radius 2 is 2.00 bits per heavy atom. The molecule has 0 saturated carbocycles. The molecule has 0 bridgehead atoms. The van der Waals surface area contributed by atoms with Crippen molar-refractivity contribution in [3.63, 3.8) is 0 Å². The fraction of sp³-hybridized carbons (Fsp3) is 0.176. The fourth-order valence-electron chi connectivity index (χ4n) is 1.90. The van der Waals surface area contributed by atoms with Gasteiger partial charge in [0.1, 0.15) is 12.4 Å². The standard InChI is InChI=1S/C17H16N2O3/c1-19(21-2)17(20)13-8-5-9-16(10-13)22-12-15-7-4-3-6-14(15)11-18/h3-10H,12H2,1-2H3. The molecule has 2 aromatic carbocycles. The van der Waals surface area contributed by atoms with Gasteiger partial charge in [0, 0.05) is 18.2 Å². The number of hydroxylamine groups is 2. The monoisotopic (exact) mass is 296 g/mol. The van der Waals surface area contributed by atoms with Crippen LogP contribution in [0.15, 0.2) is 48.5 Å². The van der Waals surface area contributed by atoms with Gasteiger partial charge in [-0.2, -0.15) is 5.26 Å². The number of ether oxygens (including phenoxy) is 1. The summed E-state index contributed by atoms with van der Waals surface area (Å²) >= 11 is 0. The number of benzene rings is 2. The van der Waals surface area contributed by atoms with Gasteiger partial charge >= 0.3 is 0 Å². The van der Waals surface area contributed by atoms with Crippen LogP contribution in [0.25, 0.3) is 0 Å². The van der Waals surface area contributed by atoms with Crippen molar-refractivity contribution in [2.75, 3.05) is 14.2 Å². The van der Waals surface area contributed by atoms with E-state index in [1.807, 2.05) is 18.2 Å². The van der Waals surface area contributed by atoms with Crippen molar-refractivity contribution in [2.24, 2.45) is 0 Å². The third kappa shape index (κ3) is 3.62. The molecule has 5 nitrogen and oxygen atoms in total. The molecule has 0 N–H and O–H groups in total. The molecule has 5 heteroatoms. The first-order valence-electron chi connectivity index (χ1n) is 6.68. The summed E-state index contributed by atoms with van der Waals surface area (Å²) in [6, 6.07) is 16.2. The minimum absolute atomic E-state index is 0.259. The second kappa shape index (κ2) is 7.25. The summed E-state index contributed by atoms with van der Waals surface area (Å²) in [7, 11) is 2.97. The summed E-state index contributed by atoms with van der Waals surface area (Å²) in [5.41, 5.74) is 1.85. The van der Waals surface area contributed by atoms with Gasteiger partial charge in [-0.3, -0.25) is 9.63 Å². The smallest absolute Gasteiger partial charge is 0.277 e. The number of carbonyl (C=O) groups is 1. The maximum absolute atomic E-state index is 12.0. The molecule has 0 atom stereocenters. The average molecular weight is 296 g/mol. The van der Waals surface area contributed by atoms with Crippen LogP contribution in [0.5, 0.6) is 5.75 Å². The third-order valence-corrected chi connectivity index (χ3v) is 3.17. The van der Waals surface area contributed by atoms with E-state index >= 15 is 0 Å². The van der Waals surface area contributed by atoms with Crippen molar-refractivity contribution in [3.8, 4) is 11.8 Å². The number of hydrogen-bond donors (Lipinski definition) is 0. The highest BCUT2D eigenvalue weighted by molar-refractivity contribution is 5.93. The molecule has 0 saturated heterocycles. The summed E-state index contributed by atoms with van der Waals surface area (Å²) in [4.78, 5) is 16.9. The SMILES string of the molecule is CON(C)C(=O)c1cccc(OCc2ccccc2C#N)c1. The van der Waals surface area contributed by atoms with Crippen LogP contribution in [0.1, 0.15) is 21.5 Å². The lowest BCUT2D eigenvalue weighted by atomic mass is 10.1. The molecule has 0 radical (unpaired) electrons. The van der Waals surface area contributed by atoms with Gasteiger partial charge in [-0.05, 0) is 24.3 Å². The predicted molar refractivity (Wildman–Crippen MR) is 81.0 cm³/mol. The van der Waals surface area contributed by atoms with Crippen LogP contribution in [-0.2, 0) is 11.4 Å². The lowest BCUT2D eigenvalue weighted by molar-refractivity contribution is -0.0757. The molecule has 0 aromatic heterocycles. The number of carbonyl (C=O) groups excluding carboxylic acids is 1. The minimum atomic E-state index is -0.259. The molecule has 2 aromatic rings. The van der Waals surface area contributed by atoms with E-state index in [9.17, 15) is 4.79 Å². The van der Waals surface area contributed by atoms with E-state index < -0.39 is 0 Å². The highest BCUT2D eigenvalue weighted by Crippen LogP contribution is 2.17. The zero-order chi connectivity index (χ0) is 15.9. The van der Waals surface area contributed by atoms with Gasteiger partial charge in [0.15, 0.2) is 0 Å². The fourth-order valence-corrected chi connectivity index (χ4v) is 1.90. The molecule has 2 rings (SSSR count). The first-order valence-corrected chi connectivity index (χ1v) is 6.68. The number of nitrogens with zero attached hydrogens (tertiary/aromatic N) is 2. The Kier molecular flexibility index (Phi) is 5.12. The van der Waals surface area contributed by atoms with Gasteiger partial charge in [0.05, 0.1) is 18.7 Å². The second-order valence-corrected chi connectivity index (χ2v) is 4.57. The van der Waals surface area contributed by atoms with E-state index in [4.69, 9.17) is 14.8 Å². The lowest BCUT2D eigenvalue weighted by Crippen LogP contribution is -2.25. The molecule has 22 heavy (non-hydrogen) atoms. The summed E-state index contributed by atoms with van der Waals surface area (Å²) in [6.45, 7) is 0.265. The molecule has 112 valence electrons. The molecule has 0 heterocycles. The maximum atomic E-state index is 12.0. The van der Waals surface area contributed by atoms with E-state index in [2.05, 4.69) is 6.07 Å². The predicted octanol–water partition coefficient (Wildman–Crippen LogP) is 2.77. The van der Waals surface area contributed by atoms with E-state index in [-0.39, 0.29) is 12.5 Å². The Hall–Kier alpha value is -2.84. The Morgan fingerprint density at radius 3 is 2.73 bits per heavy atom. The van der Waals surface area contributed by atoms with E-state index in [0.29, 0.717) is 16.9 Å². The molecular weight excluding hydrogens is 280 g/mol. The summed E-state index contributed by atoms with van der Waals surface area (Å²) < 4.78 is 5.68. The topological polar surface area (TPSA) is 62.6 Å². The number of rotatable bonds is 5. The number of amides is 1. The van der Waals surface area contributed by atoms with Gasteiger partial charge < -0.3 is 4.74 Å². The van der Waals surface area contributed by atoms with E-state index in [1.54, 1.807) is 37.4 Å². The molecule has 0 aliphatic carbocycles. The number of nitriles is 1. The average Bonchev–Trinajstić information content (AvgIpc) is 2.59. The molecular formula is C17H16N2O3. The molecule has 0 spiro atoms. The van der Waals surface area contributed by atoms with Gasteiger partial charge in [0.2, 0.25) is 0 Å². The van der Waals surface area contributed by atoms with Crippen molar-refractivity contribution in [1.29, 1.82) is 5.26 Å². The Morgan fingerprint density at radius 1 is 1.23 bits per heavy atom. The highest BCUT2D eigenvalue weighted by Gasteiger charge is 2.12. The number of hydrogen-bond acceptors (Lipinski definition) is 4. The van der Waals surface area contributed by atoms with Crippen molar-refractivity contribution < 1.29 is 14.4 Å². The molecule has 0 fully saturated rings. The van der Waals surface area contributed by atoms with Crippen molar-refractivity contribution in [1.82, 2.24) is 5.06 Å². The van der Waals surface area contributed by atoms with Crippen LogP contribution >= 0.6 is 0 Å². The van der Waals surface area contributed by atoms with Crippen LogP contribution < -0.4 is 4.74 Å². The quantitative estimate of drug-likeness (QED) is 0.796. The van der Waals surface area contributed by atoms with Gasteiger partial charge in [0.25, 0.3) is 5.91 Å². The van der Waals surface area contributed by atoms with Gasteiger partial charge in [-0.15, -0.1) is 0 Å². The molecule has 0 aliphatic rings. The van der Waals surface area contributed by atoms with E-state index in [1.165, 1.54) is 7.11 Å². The van der Waals surface area contributed by atoms with Crippen LogP contribution in [0.3, 0.4) is 0 Å². The van der Waals surface area contributed by atoms with Crippen LogP contribution in [0.2, 0.25) is 0 Å².